The van der Waals surface area contributed by atoms with Gasteiger partial charge in [-0.25, -0.2) is 0 Å². The van der Waals surface area contributed by atoms with Crippen molar-refractivity contribution in [1.82, 2.24) is 0 Å². The van der Waals surface area contributed by atoms with Crippen LogP contribution in [0, 0.1) is 0 Å². The third kappa shape index (κ3) is 2.30. The van der Waals surface area contributed by atoms with Gasteiger partial charge in [-0.1, -0.05) is 70.0 Å². The van der Waals surface area contributed by atoms with Crippen molar-refractivity contribution >= 4 is 81.0 Å². The molecule has 0 aliphatic rings. The molecule has 0 amide bonds. The summed E-state index contributed by atoms with van der Waals surface area (Å²) in [5, 5.41) is 5.39. The second kappa shape index (κ2) is 6.08. The van der Waals surface area contributed by atoms with E-state index in [0.717, 1.165) is 42.4 Å². The fourth-order valence-corrected chi connectivity index (χ4v) is 5.93. The maximum Gasteiger partial charge on any atom is 0.143 e. The summed E-state index contributed by atoms with van der Waals surface area (Å²) in [6.45, 7) is 0. The molecule has 4 heteroatoms. The molecular formula is C24H12BrClOS. The van der Waals surface area contributed by atoms with Gasteiger partial charge < -0.3 is 4.42 Å². The van der Waals surface area contributed by atoms with Gasteiger partial charge in [-0.2, -0.15) is 0 Å². The number of thiophene rings is 1. The van der Waals surface area contributed by atoms with Gasteiger partial charge in [0.2, 0.25) is 0 Å². The number of benzene rings is 4. The van der Waals surface area contributed by atoms with Gasteiger partial charge in [-0.3, -0.25) is 0 Å². The molecule has 28 heavy (non-hydrogen) atoms. The molecule has 0 fully saturated rings. The number of furan rings is 1. The average molecular weight is 464 g/mol. The van der Waals surface area contributed by atoms with Gasteiger partial charge >= 0.3 is 0 Å². The van der Waals surface area contributed by atoms with Crippen LogP contribution in [0.4, 0.5) is 0 Å². The van der Waals surface area contributed by atoms with Crippen molar-refractivity contribution in [1.29, 1.82) is 0 Å². The van der Waals surface area contributed by atoms with E-state index < -0.39 is 0 Å². The highest BCUT2D eigenvalue weighted by molar-refractivity contribution is 9.10. The fourth-order valence-electron chi connectivity index (χ4n) is 4.00. The maximum absolute atomic E-state index is 6.52. The summed E-state index contributed by atoms with van der Waals surface area (Å²) in [5.74, 6) is 0. The summed E-state index contributed by atoms with van der Waals surface area (Å²) in [4.78, 5) is 0. The van der Waals surface area contributed by atoms with Gasteiger partial charge in [0.1, 0.15) is 11.2 Å². The predicted molar refractivity (Wildman–Crippen MR) is 125 cm³/mol. The molecule has 0 radical (unpaired) electrons. The van der Waals surface area contributed by atoms with Crippen molar-refractivity contribution in [3.8, 4) is 11.1 Å². The maximum atomic E-state index is 6.52. The SMILES string of the molecule is Clc1cccc2sc3c(-c4cccc5c4oc4cc(Br)ccc45)cccc3c12. The standard InChI is InChI=1S/C24H12BrClOS/c25-13-10-11-14-15-4-1-5-16(23(15)27-20(14)12-13)17-6-2-7-18-22-19(26)8-3-9-21(22)28-24(17)18/h1-12H. The number of hydrogen-bond donors (Lipinski definition) is 0. The fraction of sp³-hybridized carbons (Fsp3) is 0. The summed E-state index contributed by atoms with van der Waals surface area (Å²) >= 11 is 11.8. The highest BCUT2D eigenvalue weighted by Crippen LogP contribution is 2.45. The molecule has 0 bridgehead atoms. The highest BCUT2D eigenvalue weighted by atomic mass is 79.9. The van der Waals surface area contributed by atoms with Gasteiger partial charge in [0, 0.05) is 51.6 Å². The first-order valence-electron chi connectivity index (χ1n) is 8.91. The molecule has 0 spiro atoms. The minimum atomic E-state index is 0.799. The normalized spacial score (nSPS) is 11.9. The van der Waals surface area contributed by atoms with Crippen molar-refractivity contribution in [2.45, 2.75) is 0 Å². The summed E-state index contributed by atoms with van der Waals surface area (Å²) in [5.41, 5.74) is 4.10. The first-order chi connectivity index (χ1) is 13.7. The van der Waals surface area contributed by atoms with E-state index >= 15 is 0 Å². The Morgan fingerprint density at radius 3 is 2.46 bits per heavy atom. The second-order valence-electron chi connectivity index (χ2n) is 6.82. The molecule has 4 aromatic carbocycles. The lowest BCUT2D eigenvalue weighted by Gasteiger charge is -2.04. The van der Waals surface area contributed by atoms with Gasteiger partial charge in [0.05, 0.1) is 0 Å². The number of hydrogen-bond acceptors (Lipinski definition) is 2. The second-order valence-corrected chi connectivity index (χ2v) is 9.20. The van der Waals surface area contributed by atoms with E-state index in [4.69, 9.17) is 16.0 Å². The number of para-hydroxylation sites is 1. The summed E-state index contributed by atoms with van der Waals surface area (Å²) < 4.78 is 9.77. The average Bonchev–Trinajstić information content (AvgIpc) is 3.26. The molecule has 1 nitrogen and oxygen atoms in total. The Bertz CT molecular complexity index is 1540. The molecule has 0 aliphatic carbocycles. The molecule has 0 saturated heterocycles. The lowest BCUT2D eigenvalue weighted by molar-refractivity contribution is 0.670. The van der Waals surface area contributed by atoms with E-state index in [1.165, 1.54) is 20.3 Å². The van der Waals surface area contributed by atoms with Crippen LogP contribution in [0.1, 0.15) is 0 Å². The Morgan fingerprint density at radius 1 is 0.786 bits per heavy atom. The van der Waals surface area contributed by atoms with E-state index in [9.17, 15) is 0 Å². The van der Waals surface area contributed by atoms with E-state index in [-0.39, 0.29) is 0 Å². The van der Waals surface area contributed by atoms with Crippen molar-refractivity contribution in [3.05, 3.63) is 82.3 Å². The van der Waals surface area contributed by atoms with Crippen molar-refractivity contribution in [2.75, 3.05) is 0 Å². The molecule has 0 atom stereocenters. The summed E-state index contributed by atoms with van der Waals surface area (Å²) in [6.07, 6.45) is 0. The number of rotatable bonds is 1. The lowest BCUT2D eigenvalue weighted by Crippen LogP contribution is -1.79. The number of fused-ring (bicyclic) bond motifs is 6. The highest BCUT2D eigenvalue weighted by Gasteiger charge is 2.17. The van der Waals surface area contributed by atoms with E-state index in [2.05, 4.69) is 70.5 Å². The predicted octanol–water partition coefficient (Wildman–Crippen LogP) is 9.04. The van der Waals surface area contributed by atoms with Crippen LogP contribution in [0.2, 0.25) is 5.02 Å². The first-order valence-corrected chi connectivity index (χ1v) is 10.9. The Hall–Kier alpha value is -2.33. The van der Waals surface area contributed by atoms with Gasteiger partial charge in [-0.05, 0) is 30.3 Å². The largest absolute Gasteiger partial charge is 0.455 e. The molecule has 0 N–H and O–H groups in total. The van der Waals surface area contributed by atoms with Gasteiger partial charge in [0.25, 0.3) is 0 Å². The van der Waals surface area contributed by atoms with Gasteiger partial charge in [-0.15, -0.1) is 11.3 Å². The van der Waals surface area contributed by atoms with Crippen LogP contribution in [0.15, 0.2) is 81.7 Å². The Labute approximate surface area is 178 Å². The minimum absolute atomic E-state index is 0.799. The molecule has 134 valence electrons. The third-order valence-electron chi connectivity index (χ3n) is 5.22. The molecule has 2 heterocycles. The molecule has 6 aromatic rings. The first kappa shape index (κ1) is 16.6. The molecule has 6 rings (SSSR count). The molecule has 0 unspecified atom stereocenters. The van der Waals surface area contributed by atoms with Crippen LogP contribution in [0.3, 0.4) is 0 Å². The van der Waals surface area contributed by atoms with E-state index in [1.54, 1.807) is 11.3 Å². The van der Waals surface area contributed by atoms with Crippen LogP contribution in [0.5, 0.6) is 0 Å². The summed E-state index contributed by atoms with van der Waals surface area (Å²) in [7, 11) is 0. The van der Waals surface area contributed by atoms with Crippen LogP contribution in [-0.2, 0) is 0 Å². The Morgan fingerprint density at radius 2 is 1.57 bits per heavy atom. The zero-order chi connectivity index (χ0) is 18.8. The van der Waals surface area contributed by atoms with Crippen molar-refractivity contribution in [3.63, 3.8) is 0 Å². The Balaban J connectivity index is 1.74. The zero-order valence-corrected chi connectivity index (χ0v) is 17.7. The number of halogens is 2. The third-order valence-corrected chi connectivity index (χ3v) is 7.24. The van der Waals surface area contributed by atoms with E-state index in [0.29, 0.717) is 0 Å². The summed E-state index contributed by atoms with van der Waals surface area (Å²) in [6, 6.07) is 25.1. The molecule has 2 aromatic heterocycles. The van der Waals surface area contributed by atoms with Gasteiger partial charge in [0.15, 0.2) is 0 Å². The molecular weight excluding hydrogens is 452 g/mol. The zero-order valence-electron chi connectivity index (χ0n) is 14.5. The quantitative estimate of drug-likeness (QED) is 0.237. The van der Waals surface area contributed by atoms with Crippen LogP contribution in [-0.4, -0.2) is 0 Å². The molecule has 0 aliphatic heterocycles. The monoisotopic (exact) mass is 462 g/mol. The van der Waals surface area contributed by atoms with E-state index in [1.807, 2.05) is 18.2 Å². The lowest BCUT2D eigenvalue weighted by atomic mass is 10.0. The smallest absolute Gasteiger partial charge is 0.143 e. The molecule has 0 saturated carbocycles. The Kier molecular flexibility index (Phi) is 3.61. The van der Waals surface area contributed by atoms with Crippen LogP contribution in [0.25, 0.3) is 53.2 Å². The topological polar surface area (TPSA) is 13.1 Å². The van der Waals surface area contributed by atoms with Crippen LogP contribution >= 0.6 is 38.9 Å². The van der Waals surface area contributed by atoms with Crippen molar-refractivity contribution < 1.29 is 4.42 Å². The van der Waals surface area contributed by atoms with Crippen molar-refractivity contribution in [2.24, 2.45) is 0 Å². The van der Waals surface area contributed by atoms with Crippen LogP contribution < -0.4 is 0 Å². The minimum Gasteiger partial charge on any atom is -0.455 e.